The summed E-state index contributed by atoms with van der Waals surface area (Å²) < 4.78 is 0. The summed E-state index contributed by atoms with van der Waals surface area (Å²) in [6.45, 7) is 5.91. The molecule has 1 saturated heterocycles. The number of hydrogen-bond donors (Lipinski definition) is 2. The number of carbonyl (C=O) groups excluding carboxylic acids is 1. The lowest BCUT2D eigenvalue weighted by molar-refractivity contribution is 0.0947. The van der Waals surface area contributed by atoms with Crippen LogP contribution in [-0.4, -0.2) is 33.8 Å². The molecule has 5 nitrogen and oxygen atoms in total. The van der Waals surface area contributed by atoms with Crippen LogP contribution in [0.4, 0.5) is 0 Å². The minimum absolute atomic E-state index is 0.0890. The molecule has 0 amide bonds. The third-order valence-corrected chi connectivity index (χ3v) is 5.95. The van der Waals surface area contributed by atoms with Gasteiger partial charge in [0.1, 0.15) is 0 Å². The third-order valence-electron chi connectivity index (χ3n) is 5.95. The number of allylic oxidation sites excluding steroid dienone is 4. The highest BCUT2D eigenvalue weighted by atomic mass is 16.1. The van der Waals surface area contributed by atoms with Crippen molar-refractivity contribution in [1.82, 2.24) is 20.3 Å². The number of ketones is 1. The molecule has 0 saturated carbocycles. The van der Waals surface area contributed by atoms with E-state index in [-0.39, 0.29) is 11.7 Å². The van der Waals surface area contributed by atoms with Crippen molar-refractivity contribution in [2.45, 2.75) is 26.7 Å². The van der Waals surface area contributed by atoms with Gasteiger partial charge in [-0.1, -0.05) is 37.1 Å². The highest BCUT2D eigenvalue weighted by Gasteiger charge is 2.23. The fourth-order valence-corrected chi connectivity index (χ4v) is 3.97. The quantitative estimate of drug-likeness (QED) is 0.302. The number of Topliss-reactive ketones (excluding diaryl/α,β-unsaturated/α-hetero) is 1. The lowest BCUT2D eigenvalue weighted by Gasteiger charge is -2.26. The number of imidazole rings is 1. The van der Waals surface area contributed by atoms with E-state index >= 15 is 0 Å². The van der Waals surface area contributed by atoms with Crippen LogP contribution in [0.2, 0.25) is 0 Å². The summed E-state index contributed by atoms with van der Waals surface area (Å²) in [6, 6.07) is 7.83. The Labute approximate surface area is 189 Å². The molecule has 162 valence electrons. The number of nitrogens with zero attached hydrogens (tertiary/aromatic N) is 2. The summed E-state index contributed by atoms with van der Waals surface area (Å²) in [5.74, 6) is 3.32. The van der Waals surface area contributed by atoms with E-state index in [1.807, 2.05) is 43.3 Å². The third kappa shape index (κ3) is 4.42. The average molecular weight is 425 g/mol. The Bertz CT molecular complexity index is 1220. The number of fused-ring (bicyclic) bond motifs is 1. The molecule has 0 spiro atoms. The first-order valence-electron chi connectivity index (χ1n) is 11.1. The molecule has 2 N–H and O–H groups in total. The van der Waals surface area contributed by atoms with Crippen LogP contribution in [-0.2, 0) is 0 Å². The number of aromatic amines is 1. The van der Waals surface area contributed by atoms with Gasteiger partial charge in [0.05, 0.1) is 23.2 Å². The lowest BCUT2D eigenvalue weighted by atomic mass is 9.91. The Balaban J connectivity index is 1.76. The molecular weight excluding hydrogens is 396 g/mol. The van der Waals surface area contributed by atoms with E-state index in [9.17, 15) is 4.79 Å². The van der Waals surface area contributed by atoms with E-state index in [0.717, 1.165) is 58.5 Å². The largest absolute Gasteiger partial charge is 0.344 e. The molecule has 1 atom stereocenters. The smallest absolute Gasteiger partial charge is 0.163 e. The number of pyridine rings is 1. The van der Waals surface area contributed by atoms with Crippen LogP contribution in [0.5, 0.6) is 0 Å². The van der Waals surface area contributed by atoms with Crippen LogP contribution in [0.3, 0.4) is 0 Å². The molecular formula is C27H28N4O. The molecule has 4 rings (SSSR count). The molecule has 0 aliphatic carbocycles. The second-order valence-electron chi connectivity index (χ2n) is 8.21. The molecule has 0 bridgehead atoms. The predicted molar refractivity (Wildman–Crippen MR) is 130 cm³/mol. The topological polar surface area (TPSA) is 70.7 Å². The summed E-state index contributed by atoms with van der Waals surface area (Å²) in [6.07, 6.45) is 16.8. The Morgan fingerprint density at radius 2 is 2.16 bits per heavy atom. The summed E-state index contributed by atoms with van der Waals surface area (Å²) in [7, 11) is 0. The van der Waals surface area contributed by atoms with Crippen molar-refractivity contribution in [2.75, 3.05) is 13.1 Å². The first-order chi connectivity index (χ1) is 15.6. The van der Waals surface area contributed by atoms with E-state index < -0.39 is 0 Å². The number of H-pyrrole nitrogens is 1. The first-order valence-corrected chi connectivity index (χ1v) is 11.1. The number of aromatic nitrogens is 3. The minimum Gasteiger partial charge on any atom is -0.344 e. The second kappa shape index (κ2) is 9.76. The van der Waals surface area contributed by atoms with Crippen LogP contribution in [0.25, 0.3) is 27.7 Å². The molecule has 1 unspecified atom stereocenters. The zero-order valence-corrected chi connectivity index (χ0v) is 18.6. The minimum atomic E-state index is -0.0890. The molecule has 1 fully saturated rings. The van der Waals surface area contributed by atoms with Crippen molar-refractivity contribution in [3.8, 4) is 23.6 Å². The molecule has 5 heteroatoms. The van der Waals surface area contributed by atoms with Gasteiger partial charge >= 0.3 is 0 Å². The number of nitrogens with one attached hydrogen (secondary N) is 2. The van der Waals surface area contributed by atoms with Crippen LogP contribution in [0.1, 0.15) is 42.7 Å². The Kier molecular flexibility index (Phi) is 6.63. The summed E-state index contributed by atoms with van der Waals surface area (Å²) in [5.41, 5.74) is 5.18. The molecule has 3 aromatic rings. The number of carbonyl (C=O) groups is 1. The highest BCUT2D eigenvalue weighted by Crippen LogP contribution is 2.32. The van der Waals surface area contributed by atoms with Crippen LogP contribution in [0, 0.1) is 24.2 Å². The molecule has 1 aliphatic heterocycles. The normalized spacial score (nSPS) is 15.6. The van der Waals surface area contributed by atoms with Crippen LogP contribution in [0.15, 0.2) is 55.0 Å². The van der Waals surface area contributed by atoms with Gasteiger partial charge in [-0.25, -0.2) is 4.98 Å². The van der Waals surface area contributed by atoms with Crippen LogP contribution >= 0.6 is 0 Å². The number of hydrogen-bond acceptors (Lipinski definition) is 4. The molecule has 32 heavy (non-hydrogen) atoms. The summed E-state index contributed by atoms with van der Waals surface area (Å²) in [5, 5.41) is 4.10. The van der Waals surface area contributed by atoms with Gasteiger partial charge in [-0.15, -0.1) is 6.42 Å². The van der Waals surface area contributed by atoms with E-state index in [4.69, 9.17) is 6.42 Å². The van der Waals surface area contributed by atoms with Gasteiger partial charge in [-0.05, 0) is 56.1 Å². The number of terminal acetylenes is 1. The van der Waals surface area contributed by atoms with Crippen molar-refractivity contribution in [1.29, 1.82) is 0 Å². The molecule has 0 radical (unpaired) electrons. The van der Waals surface area contributed by atoms with E-state index in [1.165, 1.54) is 0 Å². The molecule has 1 aliphatic rings. The fourth-order valence-electron chi connectivity index (χ4n) is 3.97. The van der Waals surface area contributed by atoms with Gasteiger partial charge in [-0.3, -0.25) is 9.78 Å². The van der Waals surface area contributed by atoms with Gasteiger partial charge in [0.15, 0.2) is 5.78 Å². The van der Waals surface area contributed by atoms with Crippen molar-refractivity contribution < 1.29 is 4.79 Å². The van der Waals surface area contributed by atoms with E-state index in [1.54, 1.807) is 12.5 Å². The Morgan fingerprint density at radius 3 is 2.88 bits per heavy atom. The Morgan fingerprint density at radius 1 is 1.31 bits per heavy atom. The zero-order valence-electron chi connectivity index (χ0n) is 18.6. The second-order valence-corrected chi connectivity index (χ2v) is 8.21. The van der Waals surface area contributed by atoms with Crippen molar-refractivity contribution in [2.24, 2.45) is 11.8 Å². The van der Waals surface area contributed by atoms with Crippen LogP contribution < -0.4 is 5.32 Å². The summed E-state index contributed by atoms with van der Waals surface area (Å²) >= 11 is 0. The monoisotopic (exact) mass is 424 g/mol. The maximum Gasteiger partial charge on any atom is 0.163 e. The average Bonchev–Trinajstić information content (AvgIpc) is 3.27. The van der Waals surface area contributed by atoms with E-state index in [0.29, 0.717) is 12.3 Å². The maximum absolute atomic E-state index is 13.0. The lowest BCUT2D eigenvalue weighted by Crippen LogP contribution is -2.42. The van der Waals surface area contributed by atoms with Gasteiger partial charge in [0, 0.05) is 35.0 Å². The zero-order chi connectivity index (χ0) is 22.5. The van der Waals surface area contributed by atoms with Crippen molar-refractivity contribution >= 4 is 22.3 Å². The first kappa shape index (κ1) is 21.7. The predicted octanol–water partition coefficient (Wildman–Crippen LogP) is 5.04. The Hall–Kier alpha value is -3.49. The van der Waals surface area contributed by atoms with Crippen molar-refractivity contribution in [3.63, 3.8) is 0 Å². The summed E-state index contributed by atoms with van der Waals surface area (Å²) in [4.78, 5) is 25.3. The molecule has 1 aromatic carbocycles. The van der Waals surface area contributed by atoms with E-state index in [2.05, 4.69) is 39.2 Å². The van der Waals surface area contributed by atoms with Crippen molar-refractivity contribution in [3.05, 3.63) is 66.3 Å². The van der Waals surface area contributed by atoms with Gasteiger partial charge in [-0.2, -0.15) is 0 Å². The fraction of sp³-hybridized carbons (Fsp3) is 0.296. The number of benzene rings is 1. The van der Waals surface area contributed by atoms with Gasteiger partial charge in [0.2, 0.25) is 0 Å². The standard InChI is InChI=1S/C27H28N4O/c1-4-6-7-8-21(18(3)5-2)27-26(30-17-31-27)20-9-10-24-23(14-20)22(11-12-29-24)25(32)13-19-15-28-16-19/h2,6-12,14,17-19,28H,4,13,15-16H2,1,3H3,(H,30,31)/b7-6-,21-8+. The highest BCUT2D eigenvalue weighted by molar-refractivity contribution is 6.08. The number of rotatable bonds is 8. The van der Waals surface area contributed by atoms with Gasteiger partial charge in [0.25, 0.3) is 0 Å². The molecule has 3 heterocycles. The maximum atomic E-state index is 13.0. The van der Waals surface area contributed by atoms with Gasteiger partial charge < -0.3 is 10.3 Å². The molecule has 2 aromatic heterocycles. The SMILES string of the molecule is C#CC(C)/C(=C\C=C/CC)c1nc[nH]c1-c1ccc2nccc(C(=O)CC3CNC3)c2c1.